The quantitative estimate of drug-likeness (QED) is 0.830. The molecule has 0 aromatic heterocycles. The van der Waals surface area contributed by atoms with E-state index < -0.39 is 5.91 Å². The van der Waals surface area contributed by atoms with Crippen molar-refractivity contribution >= 4 is 50.7 Å². The van der Waals surface area contributed by atoms with Crippen LogP contribution < -0.4 is 11.1 Å². The highest BCUT2D eigenvalue weighted by molar-refractivity contribution is 9.10. The Morgan fingerprint density at radius 2 is 1.95 bits per heavy atom. The van der Waals surface area contributed by atoms with Crippen LogP contribution >= 0.6 is 39.1 Å². The number of hydrogen-bond acceptors (Lipinski definition) is 2. The molecule has 0 unspecified atom stereocenters. The van der Waals surface area contributed by atoms with E-state index in [2.05, 4.69) is 21.2 Å². The molecule has 3 N–H and O–H groups in total. The zero-order valence-electron chi connectivity index (χ0n) is 10.3. The summed E-state index contributed by atoms with van der Waals surface area (Å²) in [5.74, 6) is -0.496. The van der Waals surface area contributed by atoms with E-state index >= 15 is 0 Å². The van der Waals surface area contributed by atoms with Gasteiger partial charge in [0.1, 0.15) is 0 Å². The molecular formula is C14H11BrCl2N2O. The van der Waals surface area contributed by atoms with E-state index in [-0.39, 0.29) is 0 Å². The highest BCUT2D eigenvalue weighted by Crippen LogP contribution is 2.27. The van der Waals surface area contributed by atoms with Crippen molar-refractivity contribution < 1.29 is 4.79 Å². The lowest BCUT2D eigenvalue weighted by molar-refractivity contribution is 0.100. The lowest BCUT2D eigenvalue weighted by Crippen LogP contribution is -2.11. The van der Waals surface area contributed by atoms with E-state index in [4.69, 9.17) is 28.9 Å². The van der Waals surface area contributed by atoms with Crippen LogP contribution in [0.4, 0.5) is 5.69 Å². The molecule has 0 aliphatic carbocycles. The molecule has 20 heavy (non-hydrogen) atoms. The minimum absolute atomic E-state index is 0.391. The molecule has 6 heteroatoms. The first-order valence-corrected chi connectivity index (χ1v) is 7.29. The minimum atomic E-state index is -0.496. The highest BCUT2D eigenvalue weighted by Gasteiger charge is 2.07. The van der Waals surface area contributed by atoms with Crippen LogP contribution in [0.1, 0.15) is 15.9 Å². The molecule has 0 aliphatic heterocycles. The summed E-state index contributed by atoms with van der Waals surface area (Å²) in [6, 6.07) is 10.5. The second kappa shape index (κ2) is 6.48. The molecule has 0 heterocycles. The Morgan fingerprint density at radius 3 is 2.60 bits per heavy atom. The molecule has 0 atom stereocenters. The number of carbonyl (C=O) groups is 1. The highest BCUT2D eigenvalue weighted by atomic mass is 79.9. The zero-order valence-corrected chi connectivity index (χ0v) is 13.4. The van der Waals surface area contributed by atoms with Gasteiger partial charge in [-0.1, -0.05) is 29.3 Å². The fourth-order valence-electron chi connectivity index (χ4n) is 1.67. The predicted molar refractivity (Wildman–Crippen MR) is 86.4 cm³/mol. The zero-order chi connectivity index (χ0) is 14.7. The van der Waals surface area contributed by atoms with Crippen LogP contribution in [0.5, 0.6) is 0 Å². The van der Waals surface area contributed by atoms with Crippen LogP contribution in [0.25, 0.3) is 0 Å². The van der Waals surface area contributed by atoms with Crippen LogP contribution in [0.15, 0.2) is 40.9 Å². The number of nitrogens with one attached hydrogen (secondary N) is 1. The third-order valence-electron chi connectivity index (χ3n) is 2.74. The van der Waals surface area contributed by atoms with E-state index in [1.165, 1.54) is 0 Å². The van der Waals surface area contributed by atoms with Crippen molar-refractivity contribution in [1.29, 1.82) is 0 Å². The number of anilines is 1. The summed E-state index contributed by atoms with van der Waals surface area (Å²) in [4.78, 5) is 11.1. The van der Waals surface area contributed by atoms with Crippen molar-refractivity contribution in [3.63, 3.8) is 0 Å². The van der Waals surface area contributed by atoms with E-state index in [9.17, 15) is 4.79 Å². The van der Waals surface area contributed by atoms with Crippen molar-refractivity contribution in [2.75, 3.05) is 5.32 Å². The Hall–Kier alpha value is -1.23. The van der Waals surface area contributed by atoms with Gasteiger partial charge in [-0.3, -0.25) is 4.79 Å². The molecule has 0 fully saturated rings. The summed E-state index contributed by atoms with van der Waals surface area (Å²) >= 11 is 15.5. The van der Waals surface area contributed by atoms with E-state index in [0.29, 0.717) is 22.2 Å². The third-order valence-corrected chi connectivity index (χ3v) is 4.01. The topological polar surface area (TPSA) is 55.1 Å². The van der Waals surface area contributed by atoms with Crippen LogP contribution in [-0.2, 0) is 6.54 Å². The molecule has 0 radical (unpaired) electrons. The van der Waals surface area contributed by atoms with Gasteiger partial charge in [-0.2, -0.15) is 0 Å². The molecule has 2 aromatic carbocycles. The normalized spacial score (nSPS) is 10.3. The first kappa shape index (κ1) is 15.2. The fraction of sp³-hybridized carbons (Fsp3) is 0.0714. The molecule has 2 rings (SSSR count). The summed E-state index contributed by atoms with van der Waals surface area (Å²) in [5, 5.41) is 4.36. The Labute approximate surface area is 135 Å². The number of hydrogen-bond donors (Lipinski definition) is 2. The summed E-state index contributed by atoms with van der Waals surface area (Å²) in [7, 11) is 0. The number of benzene rings is 2. The molecule has 0 aliphatic rings. The second-order valence-electron chi connectivity index (χ2n) is 4.15. The smallest absolute Gasteiger partial charge is 0.248 e. The van der Waals surface area contributed by atoms with Crippen LogP contribution in [-0.4, -0.2) is 5.91 Å². The van der Waals surface area contributed by atoms with Gasteiger partial charge in [0.05, 0.1) is 5.69 Å². The molecule has 3 nitrogen and oxygen atoms in total. The largest absolute Gasteiger partial charge is 0.380 e. The standard InChI is InChI=1S/C14H11BrCl2N2O/c15-11-4-3-10(16)6-13(11)19-7-9-2-1-8(14(18)20)5-12(9)17/h1-6,19H,7H2,(H2,18,20). The number of nitrogens with two attached hydrogens (primary N) is 1. The Morgan fingerprint density at radius 1 is 1.20 bits per heavy atom. The lowest BCUT2D eigenvalue weighted by Gasteiger charge is -2.11. The molecule has 2 aromatic rings. The van der Waals surface area contributed by atoms with Gasteiger partial charge in [0.15, 0.2) is 0 Å². The monoisotopic (exact) mass is 372 g/mol. The average Bonchev–Trinajstić information content (AvgIpc) is 2.40. The Bertz CT molecular complexity index is 662. The minimum Gasteiger partial charge on any atom is -0.380 e. The van der Waals surface area contributed by atoms with Crippen LogP contribution in [0.2, 0.25) is 10.0 Å². The van der Waals surface area contributed by atoms with Crippen molar-refractivity contribution in [3.8, 4) is 0 Å². The van der Waals surface area contributed by atoms with Gasteiger partial charge >= 0.3 is 0 Å². The van der Waals surface area contributed by atoms with Crippen molar-refractivity contribution in [2.45, 2.75) is 6.54 Å². The summed E-state index contributed by atoms with van der Waals surface area (Å²) in [5.41, 5.74) is 7.32. The third kappa shape index (κ3) is 3.66. The number of rotatable bonds is 4. The lowest BCUT2D eigenvalue weighted by atomic mass is 10.1. The van der Waals surface area contributed by atoms with E-state index in [1.807, 2.05) is 12.1 Å². The number of halogens is 3. The second-order valence-corrected chi connectivity index (χ2v) is 5.85. The molecular weight excluding hydrogens is 363 g/mol. The van der Waals surface area contributed by atoms with Crippen LogP contribution in [0.3, 0.4) is 0 Å². The first-order chi connectivity index (χ1) is 9.47. The summed E-state index contributed by atoms with van der Waals surface area (Å²) in [6.45, 7) is 0.511. The Kier molecular flexibility index (Phi) is 4.91. The van der Waals surface area contributed by atoms with Gasteiger partial charge in [0, 0.05) is 26.6 Å². The van der Waals surface area contributed by atoms with Gasteiger partial charge < -0.3 is 11.1 Å². The maximum absolute atomic E-state index is 11.1. The van der Waals surface area contributed by atoms with Gasteiger partial charge in [0.25, 0.3) is 0 Å². The van der Waals surface area contributed by atoms with Crippen molar-refractivity contribution in [2.24, 2.45) is 5.73 Å². The summed E-state index contributed by atoms with van der Waals surface area (Å²) < 4.78 is 0.909. The predicted octanol–water partition coefficient (Wildman–Crippen LogP) is 4.47. The molecule has 0 spiro atoms. The van der Waals surface area contributed by atoms with E-state index in [1.54, 1.807) is 24.3 Å². The maximum atomic E-state index is 11.1. The van der Waals surface area contributed by atoms with Crippen molar-refractivity contribution in [1.82, 2.24) is 0 Å². The molecule has 1 amide bonds. The van der Waals surface area contributed by atoms with Gasteiger partial charge in [-0.25, -0.2) is 0 Å². The van der Waals surface area contributed by atoms with Crippen molar-refractivity contribution in [3.05, 3.63) is 62.0 Å². The first-order valence-electron chi connectivity index (χ1n) is 5.74. The molecule has 0 bridgehead atoms. The van der Waals surface area contributed by atoms with Gasteiger partial charge in [-0.15, -0.1) is 0 Å². The molecule has 0 saturated heterocycles. The Balaban J connectivity index is 2.15. The summed E-state index contributed by atoms with van der Waals surface area (Å²) in [6.07, 6.45) is 0. The number of amides is 1. The fourth-order valence-corrected chi connectivity index (χ4v) is 2.47. The number of carbonyl (C=O) groups excluding carboxylic acids is 1. The van der Waals surface area contributed by atoms with Gasteiger partial charge in [-0.05, 0) is 51.8 Å². The average molecular weight is 374 g/mol. The van der Waals surface area contributed by atoms with E-state index in [0.717, 1.165) is 15.7 Å². The van der Waals surface area contributed by atoms with Crippen LogP contribution in [0, 0.1) is 0 Å². The molecule has 104 valence electrons. The molecule has 0 saturated carbocycles. The maximum Gasteiger partial charge on any atom is 0.248 e. The SMILES string of the molecule is NC(=O)c1ccc(CNc2cc(Cl)ccc2Br)c(Cl)c1. The number of primary amides is 1. The van der Waals surface area contributed by atoms with Gasteiger partial charge in [0.2, 0.25) is 5.91 Å².